The number of nitrogens with one attached hydrogen (secondary N) is 1. The first-order valence-electron chi connectivity index (χ1n) is 7.01. The molecule has 0 heterocycles. The van der Waals surface area contributed by atoms with Gasteiger partial charge in [-0.3, -0.25) is 4.79 Å². The first-order valence-corrected chi connectivity index (χ1v) is 8.38. The van der Waals surface area contributed by atoms with Gasteiger partial charge >= 0.3 is 0 Å². The zero-order valence-electron chi connectivity index (χ0n) is 11.3. The Hall–Kier alpha value is -0.710. The van der Waals surface area contributed by atoms with Crippen molar-refractivity contribution < 1.29 is 9.90 Å². The summed E-state index contributed by atoms with van der Waals surface area (Å²) in [5, 5.41) is 13.6. The van der Waals surface area contributed by atoms with E-state index in [0.717, 1.165) is 37.0 Å². The Bertz CT molecular complexity index is 455. The molecule has 2 rings (SSSR count). The lowest BCUT2D eigenvalue weighted by Gasteiger charge is -2.21. The van der Waals surface area contributed by atoms with Gasteiger partial charge in [-0.05, 0) is 25.0 Å². The monoisotopic (exact) mass is 313 g/mol. The second-order valence-corrected chi connectivity index (χ2v) is 6.52. The highest BCUT2D eigenvalue weighted by Crippen LogP contribution is 2.26. The van der Waals surface area contributed by atoms with Gasteiger partial charge in [0.2, 0.25) is 5.91 Å². The molecule has 5 heteroatoms. The van der Waals surface area contributed by atoms with Crippen LogP contribution in [0.4, 0.5) is 0 Å². The van der Waals surface area contributed by atoms with Crippen LogP contribution in [0.25, 0.3) is 0 Å². The van der Waals surface area contributed by atoms with Gasteiger partial charge in [-0.15, -0.1) is 11.8 Å². The van der Waals surface area contributed by atoms with Crippen LogP contribution in [0.5, 0.6) is 0 Å². The quantitative estimate of drug-likeness (QED) is 0.662. The summed E-state index contributed by atoms with van der Waals surface area (Å²) in [6.45, 7) is 0. The van der Waals surface area contributed by atoms with Crippen molar-refractivity contribution in [3.63, 3.8) is 0 Å². The van der Waals surface area contributed by atoms with Crippen LogP contribution in [-0.2, 0) is 4.79 Å². The molecule has 3 nitrogen and oxygen atoms in total. The summed E-state index contributed by atoms with van der Waals surface area (Å²) in [5.41, 5.74) is 0. The van der Waals surface area contributed by atoms with Crippen molar-refractivity contribution in [1.29, 1.82) is 0 Å². The van der Waals surface area contributed by atoms with Crippen LogP contribution in [0.1, 0.15) is 32.1 Å². The van der Waals surface area contributed by atoms with Gasteiger partial charge in [0.15, 0.2) is 0 Å². The highest BCUT2D eigenvalue weighted by atomic mass is 35.5. The molecule has 0 radical (unpaired) electrons. The van der Waals surface area contributed by atoms with Crippen molar-refractivity contribution in [1.82, 2.24) is 5.32 Å². The van der Waals surface area contributed by atoms with Crippen LogP contribution >= 0.6 is 23.4 Å². The van der Waals surface area contributed by atoms with Gasteiger partial charge in [0.05, 0.1) is 22.9 Å². The number of hydrogen-bond donors (Lipinski definition) is 2. The third-order valence-electron chi connectivity index (χ3n) is 3.52. The standard InChI is InChI=1S/C15H20ClNO2S/c16-11-6-4-5-9-14(11)20-10-15(19)17-12-7-2-1-3-8-13(12)18/h4-6,9,12-13,18H,1-3,7-8,10H2,(H,17,19). The fourth-order valence-corrected chi connectivity index (χ4v) is 3.46. The van der Waals surface area contributed by atoms with E-state index in [9.17, 15) is 9.90 Å². The van der Waals surface area contributed by atoms with Gasteiger partial charge < -0.3 is 10.4 Å². The van der Waals surface area contributed by atoms with E-state index in [-0.39, 0.29) is 11.9 Å². The lowest BCUT2D eigenvalue weighted by Crippen LogP contribution is -2.43. The van der Waals surface area contributed by atoms with Crippen LogP contribution < -0.4 is 5.32 Å². The Morgan fingerprint density at radius 3 is 2.85 bits per heavy atom. The molecule has 2 unspecified atom stereocenters. The van der Waals surface area contributed by atoms with Crippen molar-refractivity contribution in [2.24, 2.45) is 0 Å². The minimum absolute atomic E-state index is 0.0409. The summed E-state index contributed by atoms with van der Waals surface area (Å²) < 4.78 is 0. The molecule has 1 saturated carbocycles. The van der Waals surface area contributed by atoms with E-state index in [1.807, 2.05) is 24.3 Å². The molecule has 0 bridgehead atoms. The minimum atomic E-state index is -0.410. The van der Waals surface area contributed by atoms with Crippen LogP contribution in [0.3, 0.4) is 0 Å². The molecule has 0 spiro atoms. The number of halogens is 1. The summed E-state index contributed by atoms with van der Waals surface area (Å²) in [4.78, 5) is 12.9. The highest BCUT2D eigenvalue weighted by Gasteiger charge is 2.23. The molecule has 20 heavy (non-hydrogen) atoms. The van der Waals surface area contributed by atoms with E-state index >= 15 is 0 Å². The number of carbonyl (C=O) groups is 1. The topological polar surface area (TPSA) is 49.3 Å². The first kappa shape index (κ1) is 15.7. The number of rotatable bonds is 4. The number of thioether (sulfide) groups is 1. The second kappa shape index (κ2) is 7.91. The second-order valence-electron chi connectivity index (χ2n) is 5.10. The molecule has 2 atom stereocenters. The Labute approximate surface area is 129 Å². The van der Waals surface area contributed by atoms with E-state index < -0.39 is 6.10 Å². The third-order valence-corrected chi connectivity index (χ3v) is 5.04. The number of benzene rings is 1. The van der Waals surface area contributed by atoms with E-state index in [4.69, 9.17) is 11.6 Å². The molecule has 0 saturated heterocycles. The Morgan fingerprint density at radius 2 is 2.05 bits per heavy atom. The van der Waals surface area contributed by atoms with E-state index in [0.29, 0.717) is 10.8 Å². The first-order chi connectivity index (χ1) is 9.66. The van der Waals surface area contributed by atoms with Crippen molar-refractivity contribution in [3.05, 3.63) is 29.3 Å². The maximum Gasteiger partial charge on any atom is 0.230 e. The normalized spacial score (nSPS) is 23.1. The van der Waals surface area contributed by atoms with Crippen LogP contribution in [0.15, 0.2) is 29.2 Å². The summed E-state index contributed by atoms with van der Waals surface area (Å²) in [6.07, 6.45) is 4.48. The molecule has 2 N–H and O–H groups in total. The molecular formula is C15H20ClNO2S. The van der Waals surface area contributed by atoms with Gasteiger partial charge in [-0.25, -0.2) is 0 Å². The van der Waals surface area contributed by atoms with E-state index in [1.165, 1.54) is 11.8 Å². The molecule has 1 amide bonds. The van der Waals surface area contributed by atoms with Gasteiger partial charge in [0.25, 0.3) is 0 Å². The van der Waals surface area contributed by atoms with Crippen molar-refractivity contribution in [2.75, 3.05) is 5.75 Å². The molecular weight excluding hydrogens is 294 g/mol. The molecule has 0 aliphatic heterocycles. The van der Waals surface area contributed by atoms with Crippen LogP contribution in [0.2, 0.25) is 5.02 Å². The zero-order chi connectivity index (χ0) is 14.4. The number of carbonyl (C=O) groups excluding carboxylic acids is 1. The maximum atomic E-state index is 12.0. The fraction of sp³-hybridized carbons (Fsp3) is 0.533. The van der Waals surface area contributed by atoms with Crippen LogP contribution in [-0.4, -0.2) is 28.9 Å². The Morgan fingerprint density at radius 1 is 1.30 bits per heavy atom. The summed E-state index contributed by atoms with van der Waals surface area (Å²) >= 11 is 7.48. The number of aliphatic hydroxyl groups excluding tert-OH is 1. The molecule has 110 valence electrons. The van der Waals surface area contributed by atoms with Crippen molar-refractivity contribution >= 4 is 29.3 Å². The number of amides is 1. The van der Waals surface area contributed by atoms with Gasteiger partial charge in [0.1, 0.15) is 0 Å². The number of hydrogen-bond acceptors (Lipinski definition) is 3. The predicted molar refractivity (Wildman–Crippen MR) is 83.2 cm³/mol. The minimum Gasteiger partial charge on any atom is -0.391 e. The van der Waals surface area contributed by atoms with E-state index in [2.05, 4.69) is 5.32 Å². The van der Waals surface area contributed by atoms with Crippen molar-refractivity contribution in [3.8, 4) is 0 Å². The molecule has 1 fully saturated rings. The largest absolute Gasteiger partial charge is 0.391 e. The third kappa shape index (κ3) is 4.69. The molecule has 0 aromatic heterocycles. The molecule has 1 aliphatic rings. The SMILES string of the molecule is O=C(CSc1ccccc1Cl)NC1CCCCCC1O. The van der Waals surface area contributed by atoms with Gasteiger partial charge in [0, 0.05) is 4.90 Å². The zero-order valence-corrected chi connectivity index (χ0v) is 12.9. The summed E-state index contributed by atoms with van der Waals surface area (Å²) in [7, 11) is 0. The highest BCUT2D eigenvalue weighted by molar-refractivity contribution is 8.00. The average Bonchev–Trinajstić information content (AvgIpc) is 2.63. The van der Waals surface area contributed by atoms with Gasteiger partial charge in [-0.1, -0.05) is 43.0 Å². The van der Waals surface area contributed by atoms with Crippen molar-refractivity contribution in [2.45, 2.75) is 49.1 Å². The smallest absolute Gasteiger partial charge is 0.230 e. The lowest BCUT2D eigenvalue weighted by molar-refractivity contribution is -0.120. The van der Waals surface area contributed by atoms with E-state index in [1.54, 1.807) is 0 Å². The average molecular weight is 314 g/mol. The fourth-order valence-electron chi connectivity index (χ4n) is 2.41. The molecule has 1 aromatic rings. The number of aliphatic hydroxyl groups is 1. The Kier molecular flexibility index (Phi) is 6.20. The summed E-state index contributed by atoms with van der Waals surface area (Å²) in [6, 6.07) is 7.39. The van der Waals surface area contributed by atoms with Gasteiger partial charge in [-0.2, -0.15) is 0 Å². The molecule has 1 aromatic carbocycles. The van der Waals surface area contributed by atoms with Crippen LogP contribution in [0, 0.1) is 0 Å². The lowest BCUT2D eigenvalue weighted by atomic mass is 10.1. The molecule has 1 aliphatic carbocycles. The maximum absolute atomic E-state index is 12.0. The predicted octanol–water partition coefficient (Wildman–Crippen LogP) is 3.24. The Balaban J connectivity index is 1.81. The summed E-state index contributed by atoms with van der Waals surface area (Å²) in [5.74, 6) is 0.285.